The van der Waals surface area contributed by atoms with E-state index in [2.05, 4.69) is 34.6 Å². The summed E-state index contributed by atoms with van der Waals surface area (Å²) in [5.74, 6) is 0.699. The third kappa shape index (κ3) is 2.51. The van der Waals surface area contributed by atoms with Gasteiger partial charge in [-0.15, -0.1) is 0 Å². The zero-order valence-electron chi connectivity index (χ0n) is 22.8. The Morgan fingerprint density at radius 2 is 1.49 bits per heavy atom. The molecule has 5 heteroatoms. The fraction of sp³-hybridized carbons (Fsp3) is 0.967. The van der Waals surface area contributed by atoms with Gasteiger partial charge in [0.05, 0.1) is 24.2 Å². The third-order valence-corrected chi connectivity index (χ3v) is 14.3. The van der Waals surface area contributed by atoms with Crippen LogP contribution < -0.4 is 0 Å². The molecule has 6 fully saturated rings. The Labute approximate surface area is 211 Å². The minimum atomic E-state index is -0.689. The first kappa shape index (κ1) is 24.7. The number of aliphatic hydroxyl groups is 3. The van der Waals surface area contributed by atoms with Crippen molar-refractivity contribution in [3.63, 3.8) is 0 Å². The van der Waals surface area contributed by atoms with Gasteiger partial charge in [0.2, 0.25) is 0 Å². The molecule has 0 amide bonds. The number of hydrogen-bond acceptors (Lipinski definition) is 5. The molecule has 5 aliphatic carbocycles. The van der Waals surface area contributed by atoms with Crippen LogP contribution in [0.3, 0.4) is 0 Å². The second kappa shape index (κ2) is 6.86. The van der Waals surface area contributed by atoms with E-state index in [9.17, 15) is 20.1 Å². The number of fused-ring (bicyclic) bond motifs is 4. The van der Waals surface area contributed by atoms with E-state index in [1.54, 1.807) is 0 Å². The van der Waals surface area contributed by atoms with Crippen LogP contribution in [0.5, 0.6) is 0 Å². The molecule has 0 aromatic rings. The van der Waals surface area contributed by atoms with Gasteiger partial charge in [0.1, 0.15) is 5.60 Å². The van der Waals surface area contributed by atoms with Crippen LogP contribution in [0.25, 0.3) is 0 Å². The van der Waals surface area contributed by atoms with Crippen LogP contribution in [-0.2, 0) is 9.53 Å². The number of carbonyl (C=O) groups excluding carboxylic acids is 1. The van der Waals surface area contributed by atoms with E-state index in [0.717, 1.165) is 57.8 Å². The third-order valence-electron chi connectivity index (χ3n) is 14.3. The maximum Gasteiger partial charge on any atom is 0.313 e. The summed E-state index contributed by atoms with van der Waals surface area (Å²) in [5.41, 5.74) is -1.66. The number of rotatable bonds is 1. The molecule has 6 rings (SSSR count). The van der Waals surface area contributed by atoms with Gasteiger partial charge < -0.3 is 20.1 Å². The molecule has 0 radical (unpaired) electrons. The summed E-state index contributed by atoms with van der Waals surface area (Å²) < 4.78 is 6.72. The van der Waals surface area contributed by atoms with Gasteiger partial charge in [0.15, 0.2) is 0 Å². The Morgan fingerprint density at radius 3 is 2.17 bits per heavy atom. The standard InChI is InChI=1S/C30H48O5/c1-24(2)11-13-29-14-12-27(5)26(4)9-7-18-25(3,17-31)21(32)15-22(33)28(18,6)19(26)8-10-30(27,20(29)16-24)35-23(29)34/h18-22,31-33H,7-17H2,1-6H3/t18-,19-,20+,21-,22+,25-,26+,27-,28-,29-,30-/m0/s1. The Balaban J connectivity index is 1.47. The zero-order chi connectivity index (χ0) is 25.4. The maximum absolute atomic E-state index is 13.7. The molecule has 1 aliphatic heterocycles. The SMILES string of the molecule is CC1(C)CC[C@@]23CC[C@]4(C)[C@@](CC[C@@H]5[C@@]6(C)[C@H](O)C[C@H](O)[C@@](C)(CO)[C@@H]6CC[C@]54C)(OC2=O)[C@@H]3C1. The van der Waals surface area contributed by atoms with Gasteiger partial charge in [-0.25, -0.2) is 0 Å². The van der Waals surface area contributed by atoms with Gasteiger partial charge in [-0.3, -0.25) is 4.79 Å². The van der Waals surface area contributed by atoms with Crippen molar-refractivity contribution in [1.29, 1.82) is 0 Å². The number of aliphatic hydroxyl groups excluding tert-OH is 3. The van der Waals surface area contributed by atoms with Crippen LogP contribution >= 0.6 is 0 Å². The first-order valence-electron chi connectivity index (χ1n) is 14.4. The molecule has 6 aliphatic rings. The molecule has 0 unspecified atom stereocenters. The molecule has 35 heavy (non-hydrogen) atoms. The lowest BCUT2D eigenvalue weighted by Gasteiger charge is -2.74. The number of esters is 1. The first-order valence-corrected chi connectivity index (χ1v) is 14.4. The highest BCUT2D eigenvalue weighted by Crippen LogP contribution is 2.80. The van der Waals surface area contributed by atoms with E-state index < -0.39 is 23.2 Å². The largest absolute Gasteiger partial charge is 0.458 e. The van der Waals surface area contributed by atoms with Crippen molar-refractivity contribution in [3.05, 3.63) is 0 Å². The summed E-state index contributed by atoms with van der Waals surface area (Å²) in [6.45, 7) is 13.8. The second-order valence-corrected chi connectivity index (χ2v) is 15.6. The van der Waals surface area contributed by atoms with Crippen LogP contribution in [0.15, 0.2) is 0 Å². The Kier molecular flexibility index (Phi) is 4.83. The Morgan fingerprint density at radius 1 is 0.829 bits per heavy atom. The predicted molar refractivity (Wildman–Crippen MR) is 133 cm³/mol. The first-order chi connectivity index (χ1) is 16.2. The highest BCUT2D eigenvalue weighted by molar-refractivity contribution is 5.81. The second-order valence-electron chi connectivity index (χ2n) is 15.6. The zero-order valence-corrected chi connectivity index (χ0v) is 22.8. The van der Waals surface area contributed by atoms with Gasteiger partial charge in [-0.05, 0) is 80.5 Å². The molecule has 1 heterocycles. The highest BCUT2D eigenvalue weighted by Gasteiger charge is 2.81. The van der Waals surface area contributed by atoms with Gasteiger partial charge in [-0.1, -0.05) is 41.5 Å². The molecule has 0 aromatic heterocycles. The lowest BCUT2D eigenvalue weighted by Crippen LogP contribution is -2.74. The molecule has 198 valence electrons. The van der Waals surface area contributed by atoms with E-state index in [1.165, 1.54) is 0 Å². The van der Waals surface area contributed by atoms with Crippen LogP contribution in [-0.4, -0.2) is 45.7 Å². The Hall–Kier alpha value is -0.650. The van der Waals surface area contributed by atoms with Crippen LogP contribution in [0.4, 0.5) is 0 Å². The summed E-state index contributed by atoms with van der Waals surface area (Å²) in [6.07, 6.45) is 7.81. The quantitative estimate of drug-likeness (QED) is 0.459. The van der Waals surface area contributed by atoms with Crippen LogP contribution in [0, 0.1) is 50.2 Å². The summed E-state index contributed by atoms with van der Waals surface area (Å²) in [4.78, 5) is 13.7. The van der Waals surface area contributed by atoms with Gasteiger partial charge in [0, 0.05) is 28.6 Å². The fourth-order valence-electron chi connectivity index (χ4n) is 11.8. The molecule has 5 saturated carbocycles. The van der Waals surface area contributed by atoms with Gasteiger partial charge in [0.25, 0.3) is 0 Å². The molecule has 0 aromatic carbocycles. The van der Waals surface area contributed by atoms with Crippen molar-refractivity contribution in [2.24, 2.45) is 50.2 Å². The number of carbonyl (C=O) groups is 1. The van der Waals surface area contributed by atoms with Gasteiger partial charge >= 0.3 is 5.97 Å². The minimum Gasteiger partial charge on any atom is -0.458 e. The van der Waals surface area contributed by atoms with Crippen molar-refractivity contribution in [2.75, 3.05) is 6.61 Å². The summed E-state index contributed by atoms with van der Waals surface area (Å²) in [5, 5.41) is 33.0. The van der Waals surface area contributed by atoms with E-state index in [4.69, 9.17) is 4.74 Å². The lowest BCUT2D eigenvalue weighted by molar-refractivity contribution is -0.306. The number of ether oxygens (including phenoxy) is 1. The molecular weight excluding hydrogens is 440 g/mol. The molecule has 2 bridgehead atoms. The van der Waals surface area contributed by atoms with Gasteiger partial charge in [-0.2, -0.15) is 0 Å². The molecule has 1 spiro atoms. The van der Waals surface area contributed by atoms with Crippen molar-refractivity contribution < 1.29 is 24.9 Å². The molecular formula is C30H48O5. The Bertz CT molecular complexity index is 947. The fourth-order valence-corrected chi connectivity index (χ4v) is 11.8. The predicted octanol–water partition coefficient (Wildman–Crippen LogP) is 4.85. The molecule has 1 saturated heterocycles. The van der Waals surface area contributed by atoms with Crippen molar-refractivity contribution in [1.82, 2.24) is 0 Å². The van der Waals surface area contributed by atoms with Crippen LogP contribution in [0.2, 0.25) is 0 Å². The summed E-state index contributed by atoms with van der Waals surface area (Å²) in [7, 11) is 0. The molecule has 5 nitrogen and oxygen atoms in total. The number of hydrogen-bond donors (Lipinski definition) is 3. The van der Waals surface area contributed by atoms with Crippen molar-refractivity contribution in [3.8, 4) is 0 Å². The van der Waals surface area contributed by atoms with Crippen molar-refractivity contribution >= 4 is 5.97 Å². The maximum atomic E-state index is 13.7. The molecule has 3 N–H and O–H groups in total. The topological polar surface area (TPSA) is 87.0 Å². The van der Waals surface area contributed by atoms with E-state index in [-0.39, 0.29) is 57.4 Å². The minimum absolute atomic E-state index is 0.0525. The molecule has 11 atom stereocenters. The van der Waals surface area contributed by atoms with Crippen molar-refractivity contribution in [2.45, 2.75) is 124 Å². The monoisotopic (exact) mass is 488 g/mol. The van der Waals surface area contributed by atoms with E-state index >= 15 is 0 Å². The normalized spacial score (nSPS) is 60.6. The average molecular weight is 489 g/mol. The van der Waals surface area contributed by atoms with E-state index in [0.29, 0.717) is 6.42 Å². The smallest absolute Gasteiger partial charge is 0.313 e. The summed E-state index contributed by atoms with van der Waals surface area (Å²) in [6, 6.07) is 0. The van der Waals surface area contributed by atoms with E-state index in [1.807, 2.05) is 6.92 Å². The average Bonchev–Trinajstić information content (AvgIpc) is 2.96. The van der Waals surface area contributed by atoms with Crippen LogP contribution in [0.1, 0.15) is 106 Å². The summed E-state index contributed by atoms with van der Waals surface area (Å²) >= 11 is 0. The lowest BCUT2D eigenvalue weighted by atomic mass is 9.30. The highest BCUT2D eigenvalue weighted by atomic mass is 16.6.